The Morgan fingerprint density at radius 1 is 1.29 bits per heavy atom. The van der Waals surface area contributed by atoms with Gasteiger partial charge in [-0.1, -0.05) is 17.4 Å². The monoisotopic (exact) mass is 505 g/mol. The first-order valence-electron chi connectivity index (χ1n) is 10.7. The second kappa shape index (κ2) is 9.09. The van der Waals surface area contributed by atoms with Gasteiger partial charge in [-0.3, -0.25) is 10.1 Å². The average molecular weight is 506 g/mol. The van der Waals surface area contributed by atoms with Crippen molar-refractivity contribution >= 4 is 34.4 Å². The average Bonchev–Trinajstić information content (AvgIpc) is 3.45. The highest BCUT2D eigenvalue weighted by molar-refractivity contribution is 7.16. The predicted molar refractivity (Wildman–Crippen MR) is 122 cm³/mol. The highest BCUT2D eigenvalue weighted by atomic mass is 32.1. The lowest BCUT2D eigenvalue weighted by molar-refractivity contribution is -0.130. The minimum atomic E-state index is -2.99. The molecule has 35 heavy (non-hydrogen) atoms. The maximum Gasteiger partial charge on any atom is 0.388 e. The number of thiazole rings is 1. The number of rotatable bonds is 5. The van der Waals surface area contributed by atoms with Crippen molar-refractivity contribution in [1.82, 2.24) is 25.2 Å². The molecule has 0 saturated carbocycles. The van der Waals surface area contributed by atoms with Crippen molar-refractivity contribution in [3.05, 3.63) is 35.0 Å². The number of halogens is 2. The van der Waals surface area contributed by atoms with E-state index < -0.39 is 6.61 Å². The highest BCUT2D eigenvalue weighted by Gasteiger charge is 2.45. The highest BCUT2D eigenvalue weighted by Crippen LogP contribution is 2.44. The van der Waals surface area contributed by atoms with E-state index in [4.69, 9.17) is 4.42 Å². The Kier molecular flexibility index (Phi) is 5.96. The number of hydrogen-bond acceptors (Lipinski definition) is 9. The maximum absolute atomic E-state index is 12.6. The molecule has 5 heterocycles. The van der Waals surface area contributed by atoms with Crippen LogP contribution in [0.2, 0.25) is 0 Å². The van der Waals surface area contributed by atoms with E-state index in [0.29, 0.717) is 42.1 Å². The molecule has 11 nitrogen and oxygen atoms in total. The topological polar surface area (TPSA) is 126 Å². The number of pyridine rings is 1. The molecular formula is C21H21F2N7O4S. The van der Waals surface area contributed by atoms with Crippen LogP contribution in [0.5, 0.6) is 5.88 Å². The smallest absolute Gasteiger partial charge is 0.388 e. The van der Waals surface area contributed by atoms with E-state index in [9.17, 15) is 18.4 Å². The number of ether oxygens (including phenoxy) is 1. The van der Waals surface area contributed by atoms with E-state index in [-0.39, 0.29) is 29.9 Å². The number of carbonyl (C=O) groups is 2. The van der Waals surface area contributed by atoms with Gasteiger partial charge >= 0.3 is 12.6 Å². The third-order valence-electron chi connectivity index (χ3n) is 5.81. The third kappa shape index (κ3) is 4.48. The molecule has 0 aromatic carbocycles. The molecule has 14 heteroatoms. The van der Waals surface area contributed by atoms with Crippen LogP contribution in [-0.2, 0) is 11.2 Å². The van der Waals surface area contributed by atoms with Crippen LogP contribution in [0.1, 0.15) is 23.5 Å². The van der Waals surface area contributed by atoms with E-state index in [2.05, 4.69) is 30.3 Å². The first-order chi connectivity index (χ1) is 16.8. The molecule has 2 unspecified atom stereocenters. The van der Waals surface area contributed by atoms with Gasteiger partial charge in [-0.25, -0.2) is 19.7 Å². The Balaban J connectivity index is 1.47. The van der Waals surface area contributed by atoms with Gasteiger partial charge < -0.3 is 24.3 Å². The van der Waals surface area contributed by atoms with Gasteiger partial charge in [0.1, 0.15) is 5.69 Å². The Bertz CT molecular complexity index is 1270. The van der Waals surface area contributed by atoms with E-state index >= 15 is 0 Å². The third-order valence-corrected chi connectivity index (χ3v) is 6.92. The van der Waals surface area contributed by atoms with E-state index in [1.54, 1.807) is 11.0 Å². The van der Waals surface area contributed by atoms with Gasteiger partial charge in [0, 0.05) is 39.5 Å². The van der Waals surface area contributed by atoms with Gasteiger partial charge in [-0.05, 0) is 6.07 Å². The molecule has 2 bridgehead atoms. The minimum absolute atomic E-state index is 0.0375. The van der Waals surface area contributed by atoms with Crippen molar-refractivity contribution in [3.8, 4) is 17.3 Å². The Morgan fingerprint density at radius 3 is 2.86 bits per heavy atom. The molecule has 0 radical (unpaired) electrons. The fourth-order valence-electron chi connectivity index (χ4n) is 4.30. The summed E-state index contributed by atoms with van der Waals surface area (Å²) in [6.07, 6.45) is 2.00. The van der Waals surface area contributed by atoms with Crippen LogP contribution in [0.3, 0.4) is 0 Å². The summed E-state index contributed by atoms with van der Waals surface area (Å²) in [5, 5.41) is 5.67. The van der Waals surface area contributed by atoms with Crippen molar-refractivity contribution in [2.24, 2.45) is 0 Å². The number of aromatic nitrogens is 3. The standard InChI is InChI=1S/C21H21F2N7O4S/c1-10(31)29-8-11-6-13-17(35-20(27-13)28-19(32)24-2)14(9-29)30(11)21-25-7-15(33-21)12-4-3-5-16(26-12)34-18(22)23/h3-5,7,11,14,18H,6,8-9H2,1-2H3,(H2,24,27,28,32). The van der Waals surface area contributed by atoms with Crippen molar-refractivity contribution < 1.29 is 27.5 Å². The molecule has 3 aromatic rings. The van der Waals surface area contributed by atoms with Crippen LogP contribution < -0.4 is 20.3 Å². The van der Waals surface area contributed by atoms with Crippen LogP contribution in [0.4, 0.5) is 24.7 Å². The lowest BCUT2D eigenvalue weighted by atomic mass is 9.93. The van der Waals surface area contributed by atoms with Crippen LogP contribution in [0, 0.1) is 0 Å². The van der Waals surface area contributed by atoms with Crippen molar-refractivity contribution in [2.75, 3.05) is 30.4 Å². The molecule has 184 valence electrons. The lowest BCUT2D eigenvalue weighted by Crippen LogP contribution is -2.59. The zero-order chi connectivity index (χ0) is 24.7. The van der Waals surface area contributed by atoms with Crippen LogP contribution >= 0.6 is 11.3 Å². The van der Waals surface area contributed by atoms with E-state index in [0.717, 1.165) is 10.6 Å². The Labute approximate surface area is 202 Å². The number of piperazine rings is 1. The maximum atomic E-state index is 12.6. The summed E-state index contributed by atoms with van der Waals surface area (Å²) in [5.41, 5.74) is 1.16. The normalized spacial score (nSPS) is 18.9. The number of fused-ring (bicyclic) bond motifs is 4. The number of anilines is 2. The van der Waals surface area contributed by atoms with Crippen molar-refractivity contribution in [2.45, 2.75) is 32.0 Å². The molecule has 3 aromatic heterocycles. The number of urea groups is 1. The summed E-state index contributed by atoms with van der Waals surface area (Å²) < 4.78 is 35.5. The van der Waals surface area contributed by atoms with E-state index in [1.807, 2.05) is 4.90 Å². The first kappa shape index (κ1) is 23.0. The number of nitrogens with one attached hydrogen (secondary N) is 2. The minimum Gasteiger partial charge on any atom is -0.422 e. The largest absolute Gasteiger partial charge is 0.422 e. The summed E-state index contributed by atoms with van der Waals surface area (Å²) in [4.78, 5) is 41.7. The van der Waals surface area contributed by atoms with Crippen molar-refractivity contribution in [1.29, 1.82) is 0 Å². The van der Waals surface area contributed by atoms with Gasteiger partial charge in [0.15, 0.2) is 10.9 Å². The number of alkyl halides is 2. The summed E-state index contributed by atoms with van der Waals surface area (Å²) in [5.74, 6) is 0.0237. The fourth-order valence-corrected chi connectivity index (χ4v) is 5.38. The van der Waals surface area contributed by atoms with Gasteiger partial charge in [0.2, 0.25) is 11.8 Å². The summed E-state index contributed by atoms with van der Waals surface area (Å²) in [7, 11) is 1.52. The SMILES string of the molecule is CNC(=O)Nc1nc2c(s1)C1CN(C(C)=O)CC(C2)N1c1ncc(-c2cccc(OC(F)F)n2)o1. The molecule has 2 aliphatic rings. The molecule has 0 aliphatic carbocycles. The number of hydrogen-bond donors (Lipinski definition) is 2. The molecule has 2 N–H and O–H groups in total. The molecule has 1 saturated heterocycles. The number of amides is 3. The van der Waals surface area contributed by atoms with E-state index in [1.165, 1.54) is 43.6 Å². The number of oxazole rings is 1. The van der Waals surface area contributed by atoms with Gasteiger partial charge in [0.25, 0.3) is 6.01 Å². The summed E-state index contributed by atoms with van der Waals surface area (Å²) in [6.45, 7) is -0.611. The van der Waals surface area contributed by atoms with Gasteiger partial charge in [0.05, 0.1) is 28.9 Å². The summed E-state index contributed by atoms with van der Waals surface area (Å²) >= 11 is 1.34. The number of nitrogens with zero attached hydrogens (tertiary/aromatic N) is 5. The van der Waals surface area contributed by atoms with Crippen LogP contribution in [-0.4, -0.2) is 64.6 Å². The Morgan fingerprint density at radius 2 is 2.11 bits per heavy atom. The predicted octanol–water partition coefficient (Wildman–Crippen LogP) is 2.88. The second-order valence-corrected chi connectivity index (χ2v) is 9.02. The molecule has 2 atom stereocenters. The number of carbonyl (C=O) groups excluding carboxylic acids is 2. The fraction of sp³-hybridized carbons (Fsp3) is 0.381. The summed E-state index contributed by atoms with van der Waals surface area (Å²) in [6, 6.07) is 3.97. The van der Waals surface area contributed by atoms with Crippen LogP contribution in [0.25, 0.3) is 11.5 Å². The molecule has 5 rings (SSSR count). The molecule has 0 spiro atoms. The Hall–Kier alpha value is -3.81. The molecule has 2 aliphatic heterocycles. The lowest BCUT2D eigenvalue weighted by Gasteiger charge is -2.48. The van der Waals surface area contributed by atoms with Gasteiger partial charge in [-0.15, -0.1) is 0 Å². The molecular weight excluding hydrogens is 484 g/mol. The quantitative estimate of drug-likeness (QED) is 0.542. The van der Waals surface area contributed by atoms with Crippen molar-refractivity contribution in [3.63, 3.8) is 0 Å². The zero-order valence-electron chi connectivity index (χ0n) is 18.7. The first-order valence-corrected chi connectivity index (χ1v) is 11.5. The second-order valence-electron chi connectivity index (χ2n) is 7.99. The zero-order valence-corrected chi connectivity index (χ0v) is 19.5. The molecule has 1 fully saturated rings. The van der Waals surface area contributed by atoms with Crippen LogP contribution in [0.15, 0.2) is 28.8 Å². The molecule has 3 amide bonds. The van der Waals surface area contributed by atoms with Gasteiger partial charge in [-0.2, -0.15) is 8.78 Å².